The Balaban J connectivity index is 1.86. The predicted molar refractivity (Wildman–Crippen MR) is 109 cm³/mol. The molecule has 0 saturated carbocycles. The summed E-state index contributed by atoms with van der Waals surface area (Å²) < 4.78 is 18.5. The molecule has 0 spiro atoms. The first-order valence-electron chi connectivity index (χ1n) is 8.14. The number of thioether (sulfide) groups is 1. The van der Waals surface area contributed by atoms with Crippen LogP contribution in [0.2, 0.25) is 10.0 Å². The fraction of sp³-hybridized carbons (Fsp3) is 0.105. The number of benzene rings is 2. The van der Waals surface area contributed by atoms with Crippen LogP contribution in [0.3, 0.4) is 0 Å². The number of rotatable bonds is 6. The fourth-order valence-electron chi connectivity index (χ4n) is 2.51. The number of nitrogens with two attached hydrogens (primary N) is 1. The molecule has 1 fully saturated rings. The summed E-state index contributed by atoms with van der Waals surface area (Å²) in [5, 5.41) is -0.00622. The quantitative estimate of drug-likeness (QED) is 0.659. The summed E-state index contributed by atoms with van der Waals surface area (Å²) in [6.45, 7) is -0.450. The standard InChI is InChI=1S/C19H13Cl2FN2O4S/c20-12-2-4-15(28-9-17(23)25)11(5-12)6-16-18(26)24(19(27)29-16)8-10-1-3-13(22)7-14(10)21/h1-7H,8-9H2,(H2,23,25)/b16-6-. The molecule has 2 aromatic carbocycles. The fourth-order valence-corrected chi connectivity index (χ4v) is 3.75. The molecule has 1 heterocycles. The lowest BCUT2D eigenvalue weighted by Gasteiger charge is -2.13. The van der Waals surface area contributed by atoms with Crippen LogP contribution in [-0.4, -0.2) is 28.6 Å². The van der Waals surface area contributed by atoms with E-state index in [9.17, 15) is 18.8 Å². The van der Waals surface area contributed by atoms with E-state index in [0.29, 0.717) is 16.1 Å². The summed E-state index contributed by atoms with van der Waals surface area (Å²) in [6, 6.07) is 8.34. The molecule has 29 heavy (non-hydrogen) atoms. The van der Waals surface area contributed by atoms with Gasteiger partial charge in [0.25, 0.3) is 17.1 Å². The van der Waals surface area contributed by atoms with Gasteiger partial charge in [-0.3, -0.25) is 19.3 Å². The third-order valence-corrected chi connectivity index (χ3v) is 5.34. The summed E-state index contributed by atoms with van der Waals surface area (Å²) in [7, 11) is 0. The minimum Gasteiger partial charge on any atom is -0.483 e. The first-order chi connectivity index (χ1) is 13.7. The molecule has 1 saturated heterocycles. The van der Waals surface area contributed by atoms with Crippen molar-refractivity contribution in [1.29, 1.82) is 0 Å². The second-order valence-corrected chi connectivity index (χ2v) is 7.78. The average Bonchev–Trinajstić information content (AvgIpc) is 2.90. The zero-order valence-electron chi connectivity index (χ0n) is 14.7. The maximum Gasteiger partial charge on any atom is 0.293 e. The number of carbonyl (C=O) groups excluding carboxylic acids is 3. The molecule has 0 atom stereocenters. The first kappa shape index (κ1) is 21.2. The maximum absolute atomic E-state index is 13.2. The Hall–Kier alpha value is -2.55. The smallest absolute Gasteiger partial charge is 0.293 e. The van der Waals surface area contributed by atoms with Gasteiger partial charge in [-0.1, -0.05) is 29.3 Å². The maximum atomic E-state index is 13.2. The second kappa shape index (κ2) is 8.86. The molecule has 10 heteroatoms. The van der Waals surface area contributed by atoms with Crippen LogP contribution in [0.15, 0.2) is 41.3 Å². The van der Waals surface area contributed by atoms with Gasteiger partial charge in [0.05, 0.1) is 11.4 Å². The molecule has 6 nitrogen and oxygen atoms in total. The Morgan fingerprint density at radius 2 is 1.97 bits per heavy atom. The highest BCUT2D eigenvalue weighted by Crippen LogP contribution is 2.36. The molecule has 1 aliphatic rings. The van der Waals surface area contributed by atoms with Crippen LogP contribution in [0.4, 0.5) is 9.18 Å². The van der Waals surface area contributed by atoms with Gasteiger partial charge < -0.3 is 10.5 Å². The minimum atomic E-state index is -0.664. The van der Waals surface area contributed by atoms with Crippen molar-refractivity contribution in [2.45, 2.75) is 6.54 Å². The molecule has 0 unspecified atom stereocenters. The van der Waals surface area contributed by atoms with E-state index in [1.54, 1.807) is 6.07 Å². The Bertz CT molecular complexity index is 1040. The highest BCUT2D eigenvalue weighted by molar-refractivity contribution is 8.18. The van der Waals surface area contributed by atoms with Gasteiger partial charge in [0.1, 0.15) is 11.6 Å². The van der Waals surface area contributed by atoms with E-state index in [0.717, 1.165) is 22.7 Å². The predicted octanol–water partition coefficient (Wildman–Crippen LogP) is 4.23. The van der Waals surface area contributed by atoms with E-state index in [1.807, 2.05) is 0 Å². The van der Waals surface area contributed by atoms with Gasteiger partial charge in [-0.05, 0) is 53.7 Å². The van der Waals surface area contributed by atoms with Crippen LogP contribution < -0.4 is 10.5 Å². The molecule has 0 aliphatic carbocycles. The van der Waals surface area contributed by atoms with Crippen LogP contribution in [-0.2, 0) is 16.1 Å². The number of nitrogens with zero attached hydrogens (tertiary/aromatic N) is 1. The van der Waals surface area contributed by atoms with Gasteiger partial charge in [-0.25, -0.2) is 4.39 Å². The average molecular weight is 455 g/mol. The summed E-state index contributed by atoms with van der Waals surface area (Å²) in [4.78, 5) is 37.2. The van der Waals surface area contributed by atoms with Crippen molar-refractivity contribution < 1.29 is 23.5 Å². The highest BCUT2D eigenvalue weighted by Gasteiger charge is 2.35. The highest BCUT2D eigenvalue weighted by atomic mass is 35.5. The zero-order chi connectivity index (χ0) is 21.1. The lowest BCUT2D eigenvalue weighted by Crippen LogP contribution is -2.27. The largest absolute Gasteiger partial charge is 0.483 e. The molecule has 3 amide bonds. The molecule has 2 N–H and O–H groups in total. The SMILES string of the molecule is NC(=O)COc1ccc(Cl)cc1/C=C1\SC(=O)N(Cc2ccc(F)cc2Cl)C1=O. The first-order valence-corrected chi connectivity index (χ1v) is 9.72. The molecule has 0 bridgehead atoms. The summed E-state index contributed by atoms with van der Waals surface area (Å²) in [5.74, 6) is -1.44. The lowest BCUT2D eigenvalue weighted by atomic mass is 10.1. The number of amides is 3. The van der Waals surface area contributed by atoms with Crippen LogP contribution in [0.25, 0.3) is 6.08 Å². The van der Waals surface area contributed by atoms with Gasteiger partial charge in [0, 0.05) is 15.6 Å². The van der Waals surface area contributed by atoms with Gasteiger partial charge in [0.2, 0.25) is 0 Å². The van der Waals surface area contributed by atoms with Crippen molar-refractivity contribution in [1.82, 2.24) is 4.90 Å². The van der Waals surface area contributed by atoms with Crippen molar-refractivity contribution in [3.63, 3.8) is 0 Å². The van der Waals surface area contributed by atoms with Crippen molar-refractivity contribution in [3.8, 4) is 5.75 Å². The molecule has 1 aliphatic heterocycles. The third-order valence-electron chi connectivity index (χ3n) is 3.85. The molecule has 0 aromatic heterocycles. The number of carbonyl (C=O) groups is 3. The third kappa shape index (κ3) is 5.09. The van der Waals surface area contributed by atoms with E-state index in [2.05, 4.69) is 0 Å². The van der Waals surface area contributed by atoms with Crippen molar-refractivity contribution in [3.05, 3.63) is 68.3 Å². The molecule has 2 aromatic rings. The second-order valence-electron chi connectivity index (χ2n) is 5.94. The summed E-state index contributed by atoms with van der Waals surface area (Å²) in [6.07, 6.45) is 1.44. The van der Waals surface area contributed by atoms with E-state index in [-0.39, 0.29) is 28.8 Å². The van der Waals surface area contributed by atoms with Gasteiger partial charge >= 0.3 is 0 Å². The van der Waals surface area contributed by atoms with Crippen molar-refractivity contribution in [2.75, 3.05) is 6.61 Å². The molecular formula is C19H13Cl2FN2O4S. The number of halogens is 3. The molecule has 3 rings (SSSR count). The zero-order valence-corrected chi connectivity index (χ0v) is 17.0. The Morgan fingerprint density at radius 1 is 1.21 bits per heavy atom. The normalized spacial score (nSPS) is 15.3. The topological polar surface area (TPSA) is 89.7 Å². The van der Waals surface area contributed by atoms with Crippen molar-refractivity contribution in [2.24, 2.45) is 5.73 Å². The van der Waals surface area contributed by atoms with E-state index >= 15 is 0 Å². The Morgan fingerprint density at radius 3 is 2.66 bits per heavy atom. The van der Waals surface area contributed by atoms with Gasteiger partial charge in [-0.15, -0.1) is 0 Å². The van der Waals surface area contributed by atoms with Crippen LogP contribution in [0, 0.1) is 5.82 Å². The lowest BCUT2D eigenvalue weighted by molar-refractivity contribution is -0.123. The number of hydrogen-bond donors (Lipinski definition) is 1. The molecule has 0 radical (unpaired) electrons. The monoisotopic (exact) mass is 454 g/mol. The van der Waals surface area contributed by atoms with E-state index in [4.69, 9.17) is 33.7 Å². The van der Waals surface area contributed by atoms with Gasteiger partial charge in [0.15, 0.2) is 6.61 Å². The van der Waals surface area contributed by atoms with Crippen LogP contribution in [0.1, 0.15) is 11.1 Å². The number of imide groups is 1. The Labute approximate surface area is 179 Å². The van der Waals surface area contributed by atoms with Crippen LogP contribution in [0.5, 0.6) is 5.75 Å². The van der Waals surface area contributed by atoms with Gasteiger partial charge in [-0.2, -0.15) is 0 Å². The molecule has 150 valence electrons. The summed E-state index contributed by atoms with van der Waals surface area (Å²) >= 11 is 12.7. The van der Waals surface area contributed by atoms with E-state index in [1.165, 1.54) is 30.3 Å². The van der Waals surface area contributed by atoms with Crippen LogP contribution >= 0.6 is 35.0 Å². The minimum absolute atomic E-state index is 0.0955. The number of ether oxygens (including phenoxy) is 1. The molecular weight excluding hydrogens is 442 g/mol. The van der Waals surface area contributed by atoms with E-state index < -0.39 is 22.9 Å². The number of hydrogen-bond acceptors (Lipinski definition) is 5. The Kier molecular flexibility index (Phi) is 6.46. The van der Waals surface area contributed by atoms with Crippen molar-refractivity contribution >= 4 is 58.1 Å². The summed E-state index contributed by atoms with van der Waals surface area (Å²) in [5.41, 5.74) is 5.93. The number of primary amides is 1.